The molecule has 2 rings (SSSR count). The van der Waals surface area contributed by atoms with E-state index < -0.39 is 35.0 Å². The molecule has 1 saturated heterocycles. The third-order valence-electron chi connectivity index (χ3n) is 4.90. The minimum atomic E-state index is -1.55. The Labute approximate surface area is 178 Å². The molecule has 166 valence electrons. The highest BCUT2D eigenvalue weighted by Crippen LogP contribution is 2.28. The normalized spacial score (nSPS) is 19.4. The van der Waals surface area contributed by atoms with Gasteiger partial charge in [0.05, 0.1) is 6.61 Å². The fourth-order valence-electron chi connectivity index (χ4n) is 3.51. The second kappa shape index (κ2) is 10.1. The van der Waals surface area contributed by atoms with Gasteiger partial charge < -0.3 is 19.5 Å². The van der Waals surface area contributed by atoms with Crippen molar-refractivity contribution in [2.45, 2.75) is 58.7 Å². The lowest BCUT2D eigenvalue weighted by molar-refractivity contribution is -0.189. The summed E-state index contributed by atoms with van der Waals surface area (Å²) in [6.07, 6.45) is 0.788. The van der Waals surface area contributed by atoms with E-state index in [1.54, 1.807) is 27.7 Å². The Morgan fingerprint density at radius 2 is 1.70 bits per heavy atom. The maximum atomic E-state index is 13.2. The quantitative estimate of drug-likeness (QED) is 0.393. The highest BCUT2D eigenvalue weighted by Gasteiger charge is 2.46. The molecule has 1 N–H and O–H groups in total. The van der Waals surface area contributed by atoms with Gasteiger partial charge in [-0.2, -0.15) is 0 Å². The summed E-state index contributed by atoms with van der Waals surface area (Å²) in [5.41, 5.74) is -1.48. The Morgan fingerprint density at radius 1 is 1.07 bits per heavy atom. The number of hydrogen-bond donors (Lipinski definition) is 1. The third kappa shape index (κ3) is 6.55. The summed E-state index contributed by atoms with van der Waals surface area (Å²) in [6, 6.07) is 9.24. The Kier molecular flexibility index (Phi) is 8.01. The molecule has 3 atom stereocenters. The Morgan fingerprint density at radius 3 is 2.23 bits per heavy atom. The first-order valence-corrected chi connectivity index (χ1v) is 10.4. The molecule has 0 bridgehead atoms. The second-order valence-electron chi connectivity index (χ2n) is 8.80. The number of ether oxygens (including phenoxy) is 3. The summed E-state index contributed by atoms with van der Waals surface area (Å²) in [4.78, 5) is 38.8. The zero-order valence-corrected chi connectivity index (χ0v) is 18.5. The van der Waals surface area contributed by atoms with Crippen LogP contribution in [0.5, 0.6) is 0 Å². The number of carbonyl (C=O) groups is 3. The van der Waals surface area contributed by atoms with E-state index in [9.17, 15) is 14.4 Å². The minimum Gasteiger partial charge on any atom is -0.463 e. The van der Waals surface area contributed by atoms with Gasteiger partial charge in [0, 0.05) is 6.42 Å². The van der Waals surface area contributed by atoms with E-state index in [0.29, 0.717) is 19.5 Å². The smallest absolute Gasteiger partial charge is 0.350 e. The number of esters is 3. The lowest BCUT2D eigenvalue weighted by atomic mass is 9.90. The summed E-state index contributed by atoms with van der Waals surface area (Å²) in [7, 11) is 0. The van der Waals surface area contributed by atoms with Crippen LogP contribution in [0.2, 0.25) is 0 Å². The van der Waals surface area contributed by atoms with Gasteiger partial charge in [-0.15, -0.1) is 0 Å². The Balaban J connectivity index is 2.28. The molecule has 0 aromatic heterocycles. The SMILES string of the molecule is CCOC(=O)[C@@](C)(Cc1ccccc1)OC(=O)[C@@H](C(=O)OC(C)(C)C)[C@H]1CCNC1. The average Bonchev–Trinajstić information content (AvgIpc) is 3.15. The van der Waals surface area contributed by atoms with Gasteiger partial charge in [-0.1, -0.05) is 30.3 Å². The van der Waals surface area contributed by atoms with Crippen LogP contribution in [0.15, 0.2) is 30.3 Å². The predicted octanol–water partition coefficient (Wildman–Crippen LogP) is 2.66. The fraction of sp³-hybridized carbons (Fsp3) is 0.609. The van der Waals surface area contributed by atoms with Crippen molar-refractivity contribution in [3.8, 4) is 0 Å². The van der Waals surface area contributed by atoms with Crippen LogP contribution in [0.1, 0.15) is 46.6 Å². The van der Waals surface area contributed by atoms with E-state index in [0.717, 1.165) is 5.56 Å². The molecule has 30 heavy (non-hydrogen) atoms. The van der Waals surface area contributed by atoms with Crippen LogP contribution in [-0.4, -0.2) is 48.8 Å². The monoisotopic (exact) mass is 419 g/mol. The number of benzene rings is 1. The zero-order chi connectivity index (χ0) is 22.4. The molecule has 0 radical (unpaired) electrons. The molecular weight excluding hydrogens is 386 g/mol. The van der Waals surface area contributed by atoms with Gasteiger partial charge in [0.25, 0.3) is 0 Å². The topological polar surface area (TPSA) is 90.9 Å². The first-order valence-electron chi connectivity index (χ1n) is 10.4. The van der Waals surface area contributed by atoms with Gasteiger partial charge in [0.2, 0.25) is 5.60 Å². The molecule has 7 nitrogen and oxygen atoms in total. The van der Waals surface area contributed by atoms with Gasteiger partial charge in [0.15, 0.2) is 5.92 Å². The van der Waals surface area contributed by atoms with E-state index in [-0.39, 0.29) is 18.9 Å². The molecule has 1 fully saturated rings. The van der Waals surface area contributed by atoms with E-state index >= 15 is 0 Å². The fourth-order valence-corrected chi connectivity index (χ4v) is 3.51. The van der Waals surface area contributed by atoms with Crippen LogP contribution in [0.3, 0.4) is 0 Å². The van der Waals surface area contributed by atoms with Crippen LogP contribution in [0.4, 0.5) is 0 Å². The van der Waals surface area contributed by atoms with E-state index in [1.165, 1.54) is 6.92 Å². The molecule has 1 aliphatic rings. The summed E-state index contributed by atoms with van der Waals surface area (Å²) in [5.74, 6) is -3.40. The highest BCUT2D eigenvalue weighted by molar-refractivity contribution is 5.97. The van der Waals surface area contributed by atoms with Crippen LogP contribution >= 0.6 is 0 Å². The van der Waals surface area contributed by atoms with Gasteiger partial charge in [-0.05, 0) is 65.6 Å². The molecule has 7 heteroatoms. The molecule has 1 aromatic carbocycles. The highest BCUT2D eigenvalue weighted by atomic mass is 16.6. The van der Waals surface area contributed by atoms with E-state index in [4.69, 9.17) is 14.2 Å². The largest absolute Gasteiger partial charge is 0.463 e. The van der Waals surface area contributed by atoms with Crippen molar-refractivity contribution < 1.29 is 28.6 Å². The number of carbonyl (C=O) groups excluding carboxylic acids is 3. The first kappa shape index (κ1) is 23.9. The van der Waals surface area contributed by atoms with Crippen molar-refractivity contribution in [3.63, 3.8) is 0 Å². The number of hydrogen-bond acceptors (Lipinski definition) is 7. The van der Waals surface area contributed by atoms with E-state index in [1.807, 2.05) is 30.3 Å². The van der Waals surface area contributed by atoms with Gasteiger partial charge in [-0.25, -0.2) is 4.79 Å². The summed E-state index contributed by atoms with van der Waals surface area (Å²) >= 11 is 0. The number of nitrogens with one attached hydrogen (secondary N) is 1. The maximum absolute atomic E-state index is 13.2. The van der Waals surface area contributed by atoms with E-state index in [2.05, 4.69) is 5.32 Å². The standard InChI is InChI=1S/C23H33NO6/c1-6-28-21(27)23(5,14-16-10-8-7-9-11-16)30-20(26)18(17-12-13-24-15-17)19(25)29-22(2,3)4/h7-11,17-18,24H,6,12-15H2,1-5H3/t17-,18+,23+/m0/s1. The van der Waals surface area contributed by atoms with Crippen molar-refractivity contribution >= 4 is 17.9 Å². The van der Waals surface area contributed by atoms with Crippen LogP contribution in [-0.2, 0) is 35.0 Å². The average molecular weight is 420 g/mol. The lowest BCUT2D eigenvalue weighted by Crippen LogP contribution is -2.48. The first-order chi connectivity index (χ1) is 14.1. The van der Waals surface area contributed by atoms with Crippen molar-refractivity contribution in [3.05, 3.63) is 35.9 Å². The zero-order valence-electron chi connectivity index (χ0n) is 18.5. The lowest BCUT2D eigenvalue weighted by Gasteiger charge is -2.31. The number of rotatable bonds is 8. The molecule has 1 aromatic rings. The molecular formula is C23H33NO6. The molecule has 0 aliphatic carbocycles. The molecule has 0 unspecified atom stereocenters. The molecule has 1 aliphatic heterocycles. The summed E-state index contributed by atoms with van der Waals surface area (Å²) < 4.78 is 16.4. The van der Waals surface area contributed by atoms with Gasteiger partial charge >= 0.3 is 17.9 Å². The molecule has 0 spiro atoms. The van der Waals surface area contributed by atoms with Gasteiger partial charge in [-0.3, -0.25) is 9.59 Å². The Bertz CT molecular complexity index is 736. The van der Waals surface area contributed by atoms with Crippen LogP contribution in [0, 0.1) is 11.8 Å². The predicted molar refractivity (Wildman–Crippen MR) is 112 cm³/mol. The van der Waals surface area contributed by atoms with Crippen LogP contribution in [0.25, 0.3) is 0 Å². The molecule has 0 amide bonds. The van der Waals surface area contributed by atoms with Crippen molar-refractivity contribution in [2.75, 3.05) is 19.7 Å². The van der Waals surface area contributed by atoms with Crippen molar-refractivity contribution in [1.82, 2.24) is 5.32 Å². The maximum Gasteiger partial charge on any atom is 0.350 e. The Hall–Kier alpha value is -2.41. The summed E-state index contributed by atoms with van der Waals surface area (Å²) in [5, 5.41) is 3.16. The van der Waals surface area contributed by atoms with Crippen LogP contribution < -0.4 is 5.32 Å². The third-order valence-corrected chi connectivity index (χ3v) is 4.90. The van der Waals surface area contributed by atoms with Gasteiger partial charge in [0.1, 0.15) is 5.60 Å². The molecule has 1 heterocycles. The minimum absolute atomic E-state index is 0.141. The molecule has 0 saturated carbocycles. The van der Waals surface area contributed by atoms with Crippen molar-refractivity contribution in [2.24, 2.45) is 11.8 Å². The second-order valence-corrected chi connectivity index (χ2v) is 8.80. The summed E-state index contributed by atoms with van der Waals surface area (Å²) in [6.45, 7) is 9.83. The van der Waals surface area contributed by atoms with Crippen molar-refractivity contribution in [1.29, 1.82) is 0 Å².